The largest absolute Gasteiger partial charge is 0.421 e. The summed E-state index contributed by atoms with van der Waals surface area (Å²) in [7, 11) is 0. The summed E-state index contributed by atoms with van der Waals surface area (Å²) in [5, 5.41) is 11.7. The van der Waals surface area contributed by atoms with Crippen LogP contribution in [0.3, 0.4) is 0 Å². The molecule has 0 saturated heterocycles. The second kappa shape index (κ2) is 7.45. The molecule has 1 aromatic heterocycles. The predicted octanol–water partition coefficient (Wildman–Crippen LogP) is 3.39. The van der Waals surface area contributed by atoms with Crippen LogP contribution < -0.4 is 5.32 Å². The van der Waals surface area contributed by atoms with Crippen LogP contribution in [0, 0.1) is 0 Å². The van der Waals surface area contributed by atoms with E-state index in [9.17, 15) is 0 Å². The molecule has 1 N–H and O–H groups in total. The van der Waals surface area contributed by atoms with Crippen molar-refractivity contribution in [2.45, 2.75) is 37.6 Å². The molecule has 0 amide bonds. The average molecular weight is 291 g/mol. The van der Waals surface area contributed by atoms with Crippen LogP contribution in [0.25, 0.3) is 11.5 Å². The van der Waals surface area contributed by atoms with E-state index in [0.29, 0.717) is 17.8 Å². The lowest BCUT2D eigenvalue weighted by atomic mass is 10.2. The van der Waals surface area contributed by atoms with Crippen molar-refractivity contribution in [3.8, 4) is 11.5 Å². The van der Waals surface area contributed by atoms with Gasteiger partial charge < -0.3 is 9.73 Å². The normalized spacial score (nSPS) is 11.2. The van der Waals surface area contributed by atoms with Gasteiger partial charge in [-0.25, -0.2) is 0 Å². The quantitative estimate of drug-likeness (QED) is 0.626. The van der Waals surface area contributed by atoms with Crippen LogP contribution in [0.4, 0.5) is 0 Å². The summed E-state index contributed by atoms with van der Waals surface area (Å²) in [5.41, 5.74) is 1.01. The van der Waals surface area contributed by atoms with Crippen LogP contribution in [-0.4, -0.2) is 29.0 Å². The SMILES string of the molecule is CSc1ccccc1-c1nnc(CCCNC(C)C)o1. The fraction of sp³-hybridized carbons (Fsp3) is 0.467. The lowest BCUT2D eigenvalue weighted by molar-refractivity contribution is 0.483. The first-order chi connectivity index (χ1) is 9.70. The molecule has 0 bridgehead atoms. The minimum absolute atomic E-state index is 0.515. The minimum atomic E-state index is 0.515. The number of aromatic nitrogens is 2. The Labute approximate surface area is 124 Å². The van der Waals surface area contributed by atoms with Crippen molar-refractivity contribution in [2.75, 3.05) is 12.8 Å². The maximum Gasteiger partial charge on any atom is 0.248 e. The van der Waals surface area contributed by atoms with Crippen molar-refractivity contribution >= 4 is 11.8 Å². The van der Waals surface area contributed by atoms with Gasteiger partial charge in [0.15, 0.2) is 0 Å². The molecule has 0 aliphatic rings. The molecule has 1 heterocycles. The molecule has 0 unspecified atom stereocenters. The average Bonchev–Trinajstić information content (AvgIpc) is 2.92. The van der Waals surface area contributed by atoms with Crippen molar-refractivity contribution in [1.29, 1.82) is 0 Å². The highest BCUT2D eigenvalue weighted by molar-refractivity contribution is 7.98. The zero-order valence-electron chi connectivity index (χ0n) is 12.2. The number of aryl methyl sites for hydroxylation is 1. The van der Waals surface area contributed by atoms with Crippen LogP contribution in [0.5, 0.6) is 0 Å². The monoisotopic (exact) mass is 291 g/mol. The Morgan fingerprint density at radius 3 is 2.80 bits per heavy atom. The van der Waals surface area contributed by atoms with Crippen molar-refractivity contribution in [3.63, 3.8) is 0 Å². The fourth-order valence-electron chi connectivity index (χ4n) is 1.92. The summed E-state index contributed by atoms with van der Waals surface area (Å²) in [6.07, 6.45) is 3.87. The van der Waals surface area contributed by atoms with Crippen LogP contribution in [-0.2, 0) is 6.42 Å². The van der Waals surface area contributed by atoms with Gasteiger partial charge >= 0.3 is 0 Å². The Balaban J connectivity index is 1.98. The van der Waals surface area contributed by atoms with Gasteiger partial charge in [0.25, 0.3) is 0 Å². The van der Waals surface area contributed by atoms with Gasteiger partial charge in [-0.05, 0) is 31.4 Å². The van der Waals surface area contributed by atoms with Gasteiger partial charge in [-0.15, -0.1) is 22.0 Å². The molecule has 4 nitrogen and oxygen atoms in total. The summed E-state index contributed by atoms with van der Waals surface area (Å²) in [5.74, 6) is 1.32. The summed E-state index contributed by atoms with van der Waals surface area (Å²) in [4.78, 5) is 1.16. The summed E-state index contributed by atoms with van der Waals surface area (Å²) in [6.45, 7) is 5.26. The highest BCUT2D eigenvalue weighted by Crippen LogP contribution is 2.28. The Morgan fingerprint density at radius 2 is 2.05 bits per heavy atom. The van der Waals surface area contributed by atoms with Gasteiger partial charge in [-0.2, -0.15) is 0 Å². The minimum Gasteiger partial charge on any atom is -0.421 e. The number of thioether (sulfide) groups is 1. The van der Waals surface area contributed by atoms with Crippen LogP contribution in [0.1, 0.15) is 26.2 Å². The van der Waals surface area contributed by atoms with Crippen LogP contribution in [0.15, 0.2) is 33.6 Å². The highest BCUT2D eigenvalue weighted by Gasteiger charge is 2.11. The molecular weight excluding hydrogens is 270 g/mol. The van der Waals surface area contributed by atoms with Gasteiger partial charge in [-0.3, -0.25) is 0 Å². The molecule has 1 aromatic carbocycles. The second-order valence-electron chi connectivity index (χ2n) is 4.91. The molecule has 0 radical (unpaired) electrons. The number of rotatable bonds is 7. The van der Waals surface area contributed by atoms with Gasteiger partial charge in [0.2, 0.25) is 11.8 Å². The Morgan fingerprint density at radius 1 is 1.25 bits per heavy atom. The van der Waals surface area contributed by atoms with E-state index in [1.165, 1.54) is 0 Å². The molecule has 0 spiro atoms. The van der Waals surface area contributed by atoms with Gasteiger partial charge in [-0.1, -0.05) is 26.0 Å². The zero-order chi connectivity index (χ0) is 14.4. The lowest BCUT2D eigenvalue weighted by Gasteiger charge is -2.05. The topological polar surface area (TPSA) is 51.0 Å². The van der Waals surface area contributed by atoms with E-state index in [1.807, 2.05) is 24.5 Å². The molecular formula is C15H21N3OS. The van der Waals surface area contributed by atoms with E-state index in [1.54, 1.807) is 11.8 Å². The third-order valence-corrected chi connectivity index (χ3v) is 3.72. The first-order valence-corrected chi connectivity index (χ1v) is 8.12. The van der Waals surface area contributed by atoms with Crippen LogP contribution >= 0.6 is 11.8 Å². The van der Waals surface area contributed by atoms with Gasteiger partial charge in [0.05, 0.1) is 5.56 Å². The van der Waals surface area contributed by atoms with Crippen molar-refractivity contribution < 1.29 is 4.42 Å². The zero-order valence-corrected chi connectivity index (χ0v) is 13.0. The molecule has 5 heteroatoms. The first kappa shape index (κ1) is 15.1. The van der Waals surface area contributed by atoms with Crippen molar-refractivity contribution in [2.24, 2.45) is 0 Å². The number of nitrogens with one attached hydrogen (secondary N) is 1. The highest BCUT2D eigenvalue weighted by atomic mass is 32.2. The number of nitrogens with zero attached hydrogens (tertiary/aromatic N) is 2. The number of benzene rings is 1. The third kappa shape index (κ3) is 4.08. The molecule has 0 aliphatic heterocycles. The van der Waals surface area contributed by atoms with E-state index < -0.39 is 0 Å². The van der Waals surface area contributed by atoms with Gasteiger partial charge in [0.1, 0.15) is 0 Å². The number of hydrogen-bond donors (Lipinski definition) is 1. The molecule has 2 aromatic rings. The molecule has 0 fully saturated rings. The first-order valence-electron chi connectivity index (χ1n) is 6.90. The standard InChI is InChI=1S/C15H21N3OS/c1-11(2)16-10-6-9-14-17-18-15(19-14)12-7-4-5-8-13(12)20-3/h4-5,7-8,11,16H,6,9-10H2,1-3H3. The molecule has 0 saturated carbocycles. The van der Waals surface area contributed by atoms with E-state index in [2.05, 4.69) is 35.4 Å². The van der Waals surface area contributed by atoms with E-state index in [0.717, 1.165) is 29.8 Å². The van der Waals surface area contributed by atoms with Crippen molar-refractivity contribution in [3.05, 3.63) is 30.2 Å². The van der Waals surface area contributed by atoms with Crippen molar-refractivity contribution in [1.82, 2.24) is 15.5 Å². The van der Waals surface area contributed by atoms with E-state index in [4.69, 9.17) is 4.42 Å². The Kier molecular flexibility index (Phi) is 5.61. The molecule has 20 heavy (non-hydrogen) atoms. The maximum atomic E-state index is 5.76. The summed E-state index contributed by atoms with van der Waals surface area (Å²) < 4.78 is 5.76. The maximum absolute atomic E-state index is 5.76. The van der Waals surface area contributed by atoms with Crippen LogP contribution in [0.2, 0.25) is 0 Å². The predicted molar refractivity (Wildman–Crippen MR) is 83.0 cm³/mol. The second-order valence-corrected chi connectivity index (χ2v) is 5.76. The summed E-state index contributed by atoms with van der Waals surface area (Å²) in [6, 6.07) is 8.61. The molecule has 108 valence electrons. The Bertz CT molecular complexity index is 539. The fourth-order valence-corrected chi connectivity index (χ4v) is 2.51. The van der Waals surface area contributed by atoms with E-state index >= 15 is 0 Å². The van der Waals surface area contributed by atoms with Gasteiger partial charge in [0, 0.05) is 17.4 Å². The smallest absolute Gasteiger partial charge is 0.248 e. The van der Waals surface area contributed by atoms with E-state index in [-0.39, 0.29) is 0 Å². The third-order valence-electron chi connectivity index (χ3n) is 2.92. The Hall–Kier alpha value is -1.33. The number of hydrogen-bond acceptors (Lipinski definition) is 5. The molecule has 2 rings (SSSR count). The molecule has 0 aliphatic carbocycles. The summed E-state index contributed by atoms with van der Waals surface area (Å²) >= 11 is 1.69. The molecule has 0 atom stereocenters. The lowest BCUT2D eigenvalue weighted by Crippen LogP contribution is -2.23.